The van der Waals surface area contributed by atoms with Crippen LogP contribution in [0.5, 0.6) is 0 Å². The highest BCUT2D eigenvalue weighted by molar-refractivity contribution is 6.36. The van der Waals surface area contributed by atoms with Crippen molar-refractivity contribution >= 4 is 40.9 Å². The van der Waals surface area contributed by atoms with Gasteiger partial charge in [-0.25, -0.2) is 0 Å². The van der Waals surface area contributed by atoms with Gasteiger partial charge in [0, 0.05) is 18.1 Å². The first kappa shape index (κ1) is 17.6. The second-order valence-electron chi connectivity index (χ2n) is 5.32. The molecule has 6 nitrogen and oxygen atoms in total. The van der Waals surface area contributed by atoms with Crippen LogP contribution in [-0.2, 0) is 9.59 Å². The summed E-state index contributed by atoms with van der Waals surface area (Å²) < 4.78 is 0. The maximum atomic E-state index is 11.9. The molecule has 1 saturated carbocycles. The van der Waals surface area contributed by atoms with E-state index >= 15 is 0 Å². The van der Waals surface area contributed by atoms with E-state index in [9.17, 15) is 14.4 Å². The molecule has 2 N–H and O–H groups in total. The Morgan fingerprint density at radius 2 is 1.87 bits per heavy atom. The minimum absolute atomic E-state index is 0.0800. The fourth-order valence-electron chi connectivity index (χ4n) is 1.96. The van der Waals surface area contributed by atoms with Gasteiger partial charge < -0.3 is 15.5 Å². The zero-order chi connectivity index (χ0) is 17.0. The lowest BCUT2D eigenvalue weighted by atomic mass is 10.2. The molecule has 1 aliphatic carbocycles. The van der Waals surface area contributed by atoms with E-state index in [0.29, 0.717) is 11.1 Å². The average Bonchev–Trinajstić information content (AvgIpc) is 3.34. The van der Waals surface area contributed by atoms with Crippen LogP contribution >= 0.6 is 23.2 Å². The lowest BCUT2D eigenvalue weighted by Gasteiger charge is -2.16. The molecule has 0 aromatic heterocycles. The van der Waals surface area contributed by atoms with E-state index in [2.05, 4.69) is 10.6 Å². The Labute approximate surface area is 144 Å². The molecule has 0 radical (unpaired) electrons. The van der Waals surface area contributed by atoms with E-state index in [1.165, 1.54) is 18.2 Å². The van der Waals surface area contributed by atoms with Crippen molar-refractivity contribution in [3.8, 4) is 0 Å². The molecule has 1 fully saturated rings. The van der Waals surface area contributed by atoms with Gasteiger partial charge in [-0.3, -0.25) is 14.4 Å². The van der Waals surface area contributed by atoms with Crippen molar-refractivity contribution in [2.24, 2.45) is 0 Å². The van der Waals surface area contributed by atoms with Crippen LogP contribution < -0.4 is 10.6 Å². The topological polar surface area (TPSA) is 78.5 Å². The van der Waals surface area contributed by atoms with Crippen molar-refractivity contribution in [2.45, 2.75) is 18.9 Å². The van der Waals surface area contributed by atoms with Crippen LogP contribution in [0.3, 0.4) is 0 Å². The normalized spacial score (nSPS) is 13.3. The van der Waals surface area contributed by atoms with Crippen molar-refractivity contribution in [3.05, 3.63) is 33.8 Å². The average molecular weight is 358 g/mol. The summed E-state index contributed by atoms with van der Waals surface area (Å²) in [7, 11) is 1.72. The Morgan fingerprint density at radius 1 is 1.17 bits per heavy atom. The van der Waals surface area contributed by atoms with Crippen molar-refractivity contribution in [3.63, 3.8) is 0 Å². The monoisotopic (exact) mass is 357 g/mol. The molecular weight excluding hydrogens is 341 g/mol. The third-order valence-corrected chi connectivity index (χ3v) is 4.06. The summed E-state index contributed by atoms with van der Waals surface area (Å²) in [4.78, 5) is 37.0. The highest BCUT2D eigenvalue weighted by atomic mass is 35.5. The van der Waals surface area contributed by atoms with E-state index < -0.39 is 11.8 Å². The number of hydrogen-bond acceptors (Lipinski definition) is 3. The van der Waals surface area contributed by atoms with E-state index in [-0.39, 0.29) is 29.6 Å². The number of carbonyl (C=O) groups is 3. The van der Waals surface area contributed by atoms with Crippen LogP contribution in [0, 0.1) is 0 Å². The fourth-order valence-corrected chi connectivity index (χ4v) is 2.45. The van der Waals surface area contributed by atoms with Gasteiger partial charge in [0.25, 0.3) is 5.91 Å². The number of rotatable bonds is 6. The molecule has 0 spiro atoms. The van der Waals surface area contributed by atoms with Gasteiger partial charge in [0.2, 0.25) is 11.8 Å². The minimum atomic E-state index is -0.483. The first-order valence-electron chi connectivity index (χ1n) is 7.14. The molecule has 23 heavy (non-hydrogen) atoms. The number of nitrogens with zero attached hydrogens (tertiary/aromatic N) is 1. The van der Waals surface area contributed by atoms with Crippen molar-refractivity contribution in [1.82, 2.24) is 15.5 Å². The summed E-state index contributed by atoms with van der Waals surface area (Å²) in [6.45, 7) is -0.318. The largest absolute Gasteiger partial charge is 0.345 e. The maximum absolute atomic E-state index is 11.9. The van der Waals surface area contributed by atoms with Crippen molar-refractivity contribution in [1.29, 1.82) is 0 Å². The SMILES string of the molecule is CN(C(=O)CNC(=O)CNC(=O)c1ccc(Cl)cc1Cl)C1CC1. The first-order valence-corrected chi connectivity index (χ1v) is 7.89. The summed E-state index contributed by atoms with van der Waals surface area (Å²) in [5.74, 6) is -1.07. The number of hydrogen-bond donors (Lipinski definition) is 2. The maximum Gasteiger partial charge on any atom is 0.253 e. The number of amides is 3. The number of benzene rings is 1. The Morgan fingerprint density at radius 3 is 2.48 bits per heavy atom. The summed E-state index contributed by atoms with van der Waals surface area (Å²) in [6, 6.07) is 4.76. The summed E-state index contributed by atoms with van der Waals surface area (Å²) in [5.41, 5.74) is 0.230. The van der Waals surface area contributed by atoms with E-state index in [1.807, 2.05) is 0 Å². The molecule has 1 aliphatic rings. The van der Waals surface area contributed by atoms with E-state index in [4.69, 9.17) is 23.2 Å². The van der Waals surface area contributed by atoms with E-state index in [0.717, 1.165) is 12.8 Å². The molecule has 1 aromatic rings. The number of nitrogens with one attached hydrogen (secondary N) is 2. The van der Waals surface area contributed by atoms with Crippen LogP contribution in [0.1, 0.15) is 23.2 Å². The summed E-state index contributed by atoms with van der Waals surface area (Å²) in [5, 5.41) is 5.55. The first-order chi connectivity index (χ1) is 10.9. The molecule has 1 aromatic carbocycles. The predicted octanol–water partition coefficient (Wildman–Crippen LogP) is 1.46. The quantitative estimate of drug-likeness (QED) is 0.808. The summed E-state index contributed by atoms with van der Waals surface area (Å²) >= 11 is 11.7. The van der Waals surface area contributed by atoms with Gasteiger partial charge >= 0.3 is 0 Å². The molecule has 0 heterocycles. The minimum Gasteiger partial charge on any atom is -0.345 e. The third kappa shape index (κ3) is 5.11. The molecule has 0 saturated heterocycles. The van der Waals surface area contributed by atoms with Crippen molar-refractivity contribution in [2.75, 3.05) is 20.1 Å². The second kappa shape index (κ2) is 7.66. The Kier molecular flexibility index (Phi) is 5.85. The zero-order valence-corrected chi connectivity index (χ0v) is 14.1. The molecule has 124 valence electrons. The van der Waals surface area contributed by atoms with Crippen molar-refractivity contribution < 1.29 is 14.4 Å². The van der Waals surface area contributed by atoms with Gasteiger partial charge in [0.15, 0.2) is 0 Å². The Balaban J connectivity index is 1.75. The third-order valence-electron chi connectivity index (χ3n) is 3.51. The van der Waals surface area contributed by atoms with Crippen LogP contribution in [0.4, 0.5) is 0 Å². The lowest BCUT2D eigenvalue weighted by Crippen LogP contribution is -2.43. The second-order valence-corrected chi connectivity index (χ2v) is 6.16. The highest BCUT2D eigenvalue weighted by Gasteiger charge is 2.29. The van der Waals surface area contributed by atoms with Gasteiger partial charge in [-0.1, -0.05) is 23.2 Å². The highest BCUT2D eigenvalue weighted by Crippen LogP contribution is 2.25. The molecule has 3 amide bonds. The Bertz CT molecular complexity index is 632. The smallest absolute Gasteiger partial charge is 0.253 e. The molecule has 0 unspecified atom stereocenters. The van der Waals surface area contributed by atoms with Gasteiger partial charge in [-0.05, 0) is 31.0 Å². The van der Waals surface area contributed by atoms with Crippen LogP contribution in [-0.4, -0.2) is 48.8 Å². The van der Waals surface area contributed by atoms with Gasteiger partial charge in [0.05, 0.1) is 23.7 Å². The van der Waals surface area contributed by atoms with Gasteiger partial charge in [-0.15, -0.1) is 0 Å². The molecular formula is C15H17Cl2N3O3. The van der Waals surface area contributed by atoms with E-state index in [1.54, 1.807) is 11.9 Å². The Hall–Kier alpha value is -1.79. The number of carbonyl (C=O) groups excluding carboxylic acids is 3. The van der Waals surface area contributed by atoms with Crippen LogP contribution in [0.15, 0.2) is 18.2 Å². The lowest BCUT2D eigenvalue weighted by molar-refractivity contribution is -0.132. The predicted molar refractivity (Wildman–Crippen MR) is 87.6 cm³/mol. The van der Waals surface area contributed by atoms with Gasteiger partial charge in [0.1, 0.15) is 0 Å². The van der Waals surface area contributed by atoms with Crippen LogP contribution in [0.25, 0.3) is 0 Å². The molecule has 2 rings (SSSR count). The molecule has 0 atom stereocenters. The van der Waals surface area contributed by atoms with Gasteiger partial charge in [-0.2, -0.15) is 0 Å². The summed E-state index contributed by atoms with van der Waals surface area (Å²) in [6.07, 6.45) is 2.02. The molecule has 0 aliphatic heterocycles. The number of likely N-dealkylation sites (N-methyl/N-ethyl adjacent to an activating group) is 1. The molecule has 0 bridgehead atoms. The zero-order valence-electron chi connectivity index (χ0n) is 12.6. The number of halogens is 2. The fraction of sp³-hybridized carbons (Fsp3) is 0.400. The molecule has 8 heteroatoms. The standard InChI is InChI=1S/C15H17Cl2N3O3/c1-20(10-3-4-10)14(22)8-18-13(21)7-19-15(23)11-5-2-9(16)6-12(11)17/h2,5-6,10H,3-4,7-8H2,1H3,(H,18,21)(H,19,23). The van der Waals surface area contributed by atoms with Crippen LogP contribution in [0.2, 0.25) is 10.0 Å².